The van der Waals surface area contributed by atoms with E-state index in [1.54, 1.807) is 44.3 Å². The SMILES string of the molecule is C.C=C1N=C(N)C=CN1C(C)C.C=C1N=C(NC(C)=O)C=CN1C(C)C.C=C1NC(=O)C=CN1C(C)C.CCOc1nc(C)nc2c1ncn2C(C)C.COc1nc(N)nc2c1ncn2C(C)C.Cc1nc2c(ncn2C(C)C)c(=O)[nH]1. The first kappa shape index (κ1) is 67.0. The van der Waals surface area contributed by atoms with Gasteiger partial charge in [0.1, 0.15) is 40.8 Å². The number of carbonyl (C=O) groups excluding carboxylic acids is 2. The number of aromatic amines is 1. The van der Waals surface area contributed by atoms with Crippen molar-refractivity contribution in [1.29, 1.82) is 0 Å². The second-order valence-corrected chi connectivity index (χ2v) is 19.9. The number of amidine groups is 2. The van der Waals surface area contributed by atoms with E-state index in [9.17, 15) is 14.4 Å². The molecule has 0 atom stereocenters. The summed E-state index contributed by atoms with van der Waals surface area (Å²) in [7, 11) is 1.54. The molecule has 0 spiro atoms. The number of hydrogen-bond acceptors (Lipinski definition) is 20. The number of aromatic nitrogens is 12. The molecule has 6 aromatic heterocycles. The summed E-state index contributed by atoms with van der Waals surface area (Å²) in [5.41, 5.74) is 14.9. The third-order valence-electron chi connectivity index (χ3n) is 11.4. The van der Waals surface area contributed by atoms with Gasteiger partial charge in [-0.1, -0.05) is 27.2 Å². The molecule has 9 heterocycles. The van der Waals surface area contributed by atoms with E-state index in [1.165, 1.54) is 20.1 Å². The Morgan fingerprint density at radius 3 is 1.57 bits per heavy atom. The lowest BCUT2D eigenvalue weighted by molar-refractivity contribution is -0.118. The number of fused-ring (bicyclic) bond motifs is 3. The average molecular weight is 1130 g/mol. The molecule has 0 fully saturated rings. The summed E-state index contributed by atoms with van der Waals surface area (Å²) in [5, 5.41) is 5.22. The standard InChI is InChI=1S/C11H16N4O.C10H15N3O.C9H13N5O.C9H12N4O.C8H13N3.C8H12N2O.CH4/c1-5-16-11-9-10(13-8(4)14-11)15(6-12-9)7(2)3;1-7(2)13-6-5-10(11-8(13)3)12-9(4)14;1-5(2)14-4-11-6-7(14)12-9(10)13-8(6)15-3;1-5(2)13-4-10-7-8(13)11-6(3)12-9(7)14;1-6(2)11-5-4-8(9)10-7(11)3;1-6(2)10-5-4-8(11)9-7(10)3;/h6-7H,5H2,1-4H3;5-7H,3H2,1-2,4H3,(H,11,12,14);4-5H,1-3H3,(H2,10,12,13);4-5H,1-3H3,(H,11,12,14);4-6H,3H2,1-2H3,(H2,9,10);4-6H,3H2,1-2H3,(H,9,11);1H4. The van der Waals surface area contributed by atoms with Crippen LogP contribution >= 0.6 is 0 Å². The van der Waals surface area contributed by atoms with Gasteiger partial charge < -0.3 is 65.0 Å². The van der Waals surface area contributed by atoms with E-state index < -0.39 is 0 Å². The van der Waals surface area contributed by atoms with Gasteiger partial charge in [0.15, 0.2) is 33.5 Å². The number of methoxy groups -OCH3 is 1. The molecule has 82 heavy (non-hydrogen) atoms. The predicted molar refractivity (Wildman–Crippen MR) is 325 cm³/mol. The fourth-order valence-corrected chi connectivity index (χ4v) is 7.57. The number of ether oxygens (including phenoxy) is 2. The van der Waals surface area contributed by atoms with Crippen molar-refractivity contribution in [1.82, 2.24) is 83.9 Å². The Morgan fingerprint density at radius 2 is 1.11 bits per heavy atom. The van der Waals surface area contributed by atoms with Gasteiger partial charge in [0.25, 0.3) is 11.5 Å². The van der Waals surface area contributed by atoms with Crippen LogP contribution in [0.3, 0.4) is 0 Å². The Kier molecular flexibility index (Phi) is 24.8. The molecule has 3 aliphatic heterocycles. The van der Waals surface area contributed by atoms with E-state index in [0.29, 0.717) is 106 Å². The van der Waals surface area contributed by atoms with Crippen molar-refractivity contribution < 1.29 is 19.1 Å². The van der Waals surface area contributed by atoms with Gasteiger partial charge in [0, 0.05) is 67.9 Å². The number of rotatable bonds is 9. The first-order valence-corrected chi connectivity index (χ1v) is 26.4. The quantitative estimate of drug-likeness (QED) is 0.0920. The number of nitrogens with zero attached hydrogens (tertiary/aromatic N) is 16. The van der Waals surface area contributed by atoms with E-state index >= 15 is 0 Å². The van der Waals surface area contributed by atoms with Crippen molar-refractivity contribution in [2.24, 2.45) is 15.7 Å². The molecular formula is C56H85N21O5. The number of anilines is 1. The minimum atomic E-state index is -0.174. The summed E-state index contributed by atoms with van der Waals surface area (Å²) >= 11 is 0. The fraction of sp³-hybridized carbons (Fsp3) is 0.446. The maximum absolute atomic E-state index is 11.5. The molecule has 26 heteroatoms. The zero-order valence-electron chi connectivity index (χ0n) is 49.8. The molecule has 9 rings (SSSR count). The zero-order valence-corrected chi connectivity index (χ0v) is 49.8. The van der Waals surface area contributed by atoms with Crippen molar-refractivity contribution in [2.75, 3.05) is 19.5 Å². The minimum Gasteiger partial charge on any atom is -0.479 e. The Balaban J connectivity index is 0.000000259. The van der Waals surface area contributed by atoms with Gasteiger partial charge in [0.05, 0.1) is 32.7 Å². The number of aryl methyl sites for hydroxylation is 2. The van der Waals surface area contributed by atoms with Gasteiger partial charge in [-0.15, -0.1) is 0 Å². The van der Waals surface area contributed by atoms with Gasteiger partial charge in [-0.05, 0) is 116 Å². The second kappa shape index (κ2) is 30.4. The lowest BCUT2D eigenvalue weighted by Crippen LogP contribution is -2.38. The minimum absolute atomic E-state index is 0. The number of nitrogen functional groups attached to an aromatic ring is 1. The highest BCUT2D eigenvalue weighted by molar-refractivity contribution is 6.04. The van der Waals surface area contributed by atoms with Crippen LogP contribution in [0.4, 0.5) is 5.95 Å². The van der Waals surface area contributed by atoms with E-state index in [1.807, 2.05) is 96.2 Å². The Bertz CT molecular complexity index is 3400. The number of amides is 2. The monoisotopic (exact) mass is 1130 g/mol. The first-order chi connectivity index (χ1) is 38.1. The summed E-state index contributed by atoms with van der Waals surface area (Å²) in [6, 6.07) is 1.90. The summed E-state index contributed by atoms with van der Waals surface area (Å²) < 4.78 is 16.4. The van der Waals surface area contributed by atoms with Crippen molar-refractivity contribution >= 4 is 62.9 Å². The van der Waals surface area contributed by atoms with Crippen molar-refractivity contribution in [2.45, 2.75) is 154 Å². The van der Waals surface area contributed by atoms with E-state index in [4.69, 9.17) is 20.9 Å². The maximum Gasteiger partial charge on any atom is 0.279 e. The molecule has 0 aromatic carbocycles. The normalized spacial score (nSPS) is 13.6. The second-order valence-electron chi connectivity index (χ2n) is 19.9. The van der Waals surface area contributed by atoms with Crippen LogP contribution in [0.5, 0.6) is 11.8 Å². The van der Waals surface area contributed by atoms with Gasteiger partial charge in [-0.2, -0.15) is 15.0 Å². The molecule has 26 nitrogen and oxygen atoms in total. The third kappa shape index (κ3) is 18.2. The van der Waals surface area contributed by atoms with Crippen molar-refractivity contribution in [3.63, 3.8) is 0 Å². The van der Waals surface area contributed by atoms with E-state index in [0.717, 1.165) is 11.2 Å². The van der Waals surface area contributed by atoms with Crippen LogP contribution in [-0.4, -0.2) is 129 Å². The molecule has 0 unspecified atom stereocenters. The Hall–Kier alpha value is -9.23. The van der Waals surface area contributed by atoms with Crippen molar-refractivity contribution in [3.05, 3.63) is 115 Å². The van der Waals surface area contributed by atoms with Crippen LogP contribution < -0.4 is 37.1 Å². The maximum atomic E-state index is 11.5. The van der Waals surface area contributed by atoms with Crippen LogP contribution in [0.2, 0.25) is 0 Å². The highest BCUT2D eigenvalue weighted by Gasteiger charge is 2.18. The molecule has 0 saturated heterocycles. The number of imidazole rings is 3. The van der Waals surface area contributed by atoms with Crippen molar-refractivity contribution in [3.8, 4) is 11.8 Å². The molecule has 0 bridgehead atoms. The fourth-order valence-electron chi connectivity index (χ4n) is 7.57. The van der Waals surface area contributed by atoms with Gasteiger partial charge in [0.2, 0.25) is 23.6 Å². The molecule has 444 valence electrons. The Labute approximate surface area is 480 Å². The third-order valence-corrected chi connectivity index (χ3v) is 11.4. The lowest BCUT2D eigenvalue weighted by Gasteiger charge is -2.29. The highest BCUT2D eigenvalue weighted by atomic mass is 16.5. The summed E-state index contributed by atoms with van der Waals surface area (Å²) in [4.78, 5) is 83.2. The summed E-state index contributed by atoms with van der Waals surface area (Å²) in [6.45, 7) is 43.5. The Morgan fingerprint density at radius 1 is 0.634 bits per heavy atom. The summed E-state index contributed by atoms with van der Waals surface area (Å²) in [6.07, 6.45) is 15.7. The molecule has 0 aliphatic carbocycles. The molecule has 7 N–H and O–H groups in total. The first-order valence-electron chi connectivity index (χ1n) is 26.4. The molecular weight excluding hydrogens is 1050 g/mol. The molecule has 2 amide bonds. The number of hydrogen-bond donors (Lipinski definition) is 5. The number of nitrogens with two attached hydrogens (primary N) is 2. The number of nitrogens with one attached hydrogen (secondary N) is 3. The van der Waals surface area contributed by atoms with E-state index in [-0.39, 0.29) is 42.8 Å². The van der Waals surface area contributed by atoms with Crippen LogP contribution in [0, 0.1) is 13.8 Å². The predicted octanol–water partition coefficient (Wildman–Crippen LogP) is 7.85. The number of H-pyrrole nitrogens is 1. The highest BCUT2D eigenvalue weighted by Crippen LogP contribution is 2.25. The lowest BCUT2D eigenvalue weighted by atomic mass is 10.3. The molecule has 0 saturated carbocycles. The number of carbonyl (C=O) groups is 2. The van der Waals surface area contributed by atoms with Crippen LogP contribution in [-0.2, 0) is 9.59 Å². The molecule has 3 aliphatic rings. The smallest absolute Gasteiger partial charge is 0.279 e. The van der Waals surface area contributed by atoms with Crippen LogP contribution in [0.1, 0.15) is 134 Å². The molecule has 0 radical (unpaired) electrons. The summed E-state index contributed by atoms with van der Waals surface area (Å²) in [5.74, 6) is 5.34. The zero-order chi connectivity index (χ0) is 60.6. The van der Waals surface area contributed by atoms with Gasteiger partial charge >= 0.3 is 0 Å². The largest absolute Gasteiger partial charge is 0.479 e. The van der Waals surface area contributed by atoms with Gasteiger partial charge in [-0.25, -0.2) is 34.9 Å². The van der Waals surface area contributed by atoms with E-state index in [2.05, 4.69) is 127 Å². The molecule has 6 aromatic rings. The number of aliphatic imine (C=N–C) groups is 2. The van der Waals surface area contributed by atoms with Crippen LogP contribution in [0.15, 0.2) is 108 Å². The topological polar surface area (TPSA) is 314 Å². The average Bonchev–Trinajstić information content (AvgIpc) is 4.26. The van der Waals surface area contributed by atoms with Gasteiger partial charge in [-0.3, -0.25) is 14.4 Å². The van der Waals surface area contributed by atoms with Crippen LogP contribution in [0.25, 0.3) is 33.5 Å².